The normalized spacial score (nSPS) is 10.5. The number of rotatable bonds is 2. The molecule has 1 aromatic carbocycles. The molecule has 0 spiro atoms. The highest BCUT2D eigenvalue weighted by atomic mass is 16.1. The van der Waals surface area contributed by atoms with Gasteiger partial charge in [0.2, 0.25) is 0 Å². The van der Waals surface area contributed by atoms with E-state index in [1.165, 1.54) is 0 Å². The van der Waals surface area contributed by atoms with E-state index in [2.05, 4.69) is 10.3 Å². The van der Waals surface area contributed by atoms with Gasteiger partial charge in [-0.15, -0.1) is 0 Å². The molecule has 0 fully saturated rings. The Labute approximate surface area is 99.8 Å². The summed E-state index contributed by atoms with van der Waals surface area (Å²) in [5.41, 5.74) is 8.80. The minimum Gasteiger partial charge on any atom is -0.398 e. The summed E-state index contributed by atoms with van der Waals surface area (Å²) in [7, 11) is 0. The third kappa shape index (κ3) is 1.93. The first-order valence-electron chi connectivity index (χ1n) is 5.57. The van der Waals surface area contributed by atoms with Crippen molar-refractivity contribution in [1.29, 1.82) is 0 Å². The molecular weight excluding hydrogens is 214 g/mol. The molecule has 17 heavy (non-hydrogen) atoms. The predicted octanol–water partition coefficient (Wildman–Crippen LogP) is 1.88. The summed E-state index contributed by atoms with van der Waals surface area (Å²) in [6.07, 6.45) is 1.67. The third-order valence-corrected chi connectivity index (χ3v) is 2.72. The average molecular weight is 229 g/mol. The van der Waals surface area contributed by atoms with Crippen molar-refractivity contribution < 1.29 is 4.79 Å². The lowest BCUT2D eigenvalue weighted by Crippen LogP contribution is -2.23. The van der Waals surface area contributed by atoms with Gasteiger partial charge in [0.25, 0.3) is 5.91 Å². The fraction of sp³-hybridized carbons (Fsp3) is 0.231. The first-order chi connectivity index (χ1) is 8.15. The monoisotopic (exact) mass is 229 g/mol. The van der Waals surface area contributed by atoms with Crippen LogP contribution in [0.2, 0.25) is 0 Å². The Morgan fingerprint density at radius 2 is 2.29 bits per heavy atom. The highest BCUT2D eigenvalue weighted by molar-refractivity contribution is 6.09. The standard InChI is InChI=1S/C13H15N3O/c1-3-15-13(17)10-7-8(2)11(14)9-5-4-6-16-12(9)10/h4-7H,3,14H2,1-2H3,(H,15,17). The van der Waals surface area contributed by atoms with Crippen molar-refractivity contribution in [3.63, 3.8) is 0 Å². The van der Waals surface area contributed by atoms with Crippen LogP contribution in [0.15, 0.2) is 24.4 Å². The van der Waals surface area contributed by atoms with Gasteiger partial charge in [-0.25, -0.2) is 0 Å². The van der Waals surface area contributed by atoms with Crippen molar-refractivity contribution in [2.45, 2.75) is 13.8 Å². The van der Waals surface area contributed by atoms with E-state index in [4.69, 9.17) is 5.73 Å². The van der Waals surface area contributed by atoms with Crippen LogP contribution in [0, 0.1) is 6.92 Å². The molecule has 0 saturated carbocycles. The van der Waals surface area contributed by atoms with E-state index < -0.39 is 0 Å². The third-order valence-electron chi connectivity index (χ3n) is 2.72. The summed E-state index contributed by atoms with van der Waals surface area (Å²) in [5, 5.41) is 3.61. The molecule has 0 aliphatic carbocycles. The number of carbonyl (C=O) groups excluding carboxylic acids is 1. The van der Waals surface area contributed by atoms with Crippen molar-refractivity contribution in [3.8, 4) is 0 Å². The van der Waals surface area contributed by atoms with Gasteiger partial charge in [0.15, 0.2) is 0 Å². The highest BCUT2D eigenvalue weighted by Crippen LogP contribution is 2.26. The Balaban J connectivity index is 2.71. The molecule has 0 aliphatic heterocycles. The van der Waals surface area contributed by atoms with Crippen molar-refractivity contribution >= 4 is 22.5 Å². The summed E-state index contributed by atoms with van der Waals surface area (Å²) in [5.74, 6) is -0.112. The van der Waals surface area contributed by atoms with Crippen molar-refractivity contribution in [3.05, 3.63) is 35.5 Å². The molecule has 4 heteroatoms. The number of benzene rings is 1. The zero-order chi connectivity index (χ0) is 12.4. The van der Waals surface area contributed by atoms with Gasteiger partial charge in [0, 0.05) is 23.8 Å². The molecule has 88 valence electrons. The van der Waals surface area contributed by atoms with E-state index in [9.17, 15) is 4.79 Å². The van der Waals surface area contributed by atoms with Gasteiger partial charge < -0.3 is 11.1 Å². The predicted molar refractivity (Wildman–Crippen MR) is 68.9 cm³/mol. The number of fused-ring (bicyclic) bond motifs is 1. The van der Waals surface area contributed by atoms with E-state index in [1.807, 2.05) is 26.0 Å². The van der Waals surface area contributed by atoms with Crippen molar-refractivity contribution in [2.24, 2.45) is 0 Å². The van der Waals surface area contributed by atoms with Crippen molar-refractivity contribution in [1.82, 2.24) is 10.3 Å². The summed E-state index contributed by atoms with van der Waals surface area (Å²) >= 11 is 0. The molecule has 1 amide bonds. The van der Waals surface area contributed by atoms with Gasteiger partial charge >= 0.3 is 0 Å². The van der Waals surface area contributed by atoms with Crippen LogP contribution in [0.1, 0.15) is 22.8 Å². The Morgan fingerprint density at radius 1 is 1.53 bits per heavy atom. The molecule has 2 aromatic rings. The number of aromatic nitrogens is 1. The number of hydrogen-bond acceptors (Lipinski definition) is 3. The average Bonchev–Trinajstić information content (AvgIpc) is 2.34. The minimum absolute atomic E-state index is 0.112. The Hall–Kier alpha value is -2.10. The Morgan fingerprint density at radius 3 is 3.00 bits per heavy atom. The zero-order valence-corrected chi connectivity index (χ0v) is 9.95. The largest absolute Gasteiger partial charge is 0.398 e. The highest BCUT2D eigenvalue weighted by Gasteiger charge is 2.13. The molecule has 0 unspecified atom stereocenters. The second-order valence-electron chi connectivity index (χ2n) is 3.91. The van der Waals surface area contributed by atoms with Gasteiger partial charge in [-0.3, -0.25) is 9.78 Å². The number of aryl methyl sites for hydroxylation is 1. The Kier molecular flexibility index (Phi) is 2.95. The number of nitrogens with one attached hydrogen (secondary N) is 1. The van der Waals surface area contributed by atoms with Gasteiger partial charge in [-0.1, -0.05) is 0 Å². The molecule has 4 nitrogen and oxygen atoms in total. The summed E-state index contributed by atoms with van der Waals surface area (Å²) in [6, 6.07) is 5.49. The molecule has 0 saturated heterocycles. The van der Waals surface area contributed by atoms with Crippen LogP contribution in [-0.2, 0) is 0 Å². The van der Waals surface area contributed by atoms with Gasteiger partial charge in [0.1, 0.15) is 0 Å². The summed E-state index contributed by atoms with van der Waals surface area (Å²) in [6.45, 7) is 4.37. The van der Waals surface area contributed by atoms with E-state index in [0.29, 0.717) is 23.3 Å². The molecule has 0 radical (unpaired) electrons. The lowest BCUT2D eigenvalue weighted by Gasteiger charge is -2.10. The number of carbonyl (C=O) groups is 1. The van der Waals surface area contributed by atoms with Crippen LogP contribution in [0.4, 0.5) is 5.69 Å². The number of nitrogen functional groups attached to an aromatic ring is 1. The molecule has 3 N–H and O–H groups in total. The number of anilines is 1. The lowest BCUT2D eigenvalue weighted by molar-refractivity contribution is 0.0957. The maximum absolute atomic E-state index is 11.9. The number of pyridine rings is 1. The topological polar surface area (TPSA) is 68.0 Å². The summed E-state index contributed by atoms with van der Waals surface area (Å²) in [4.78, 5) is 16.2. The van der Waals surface area contributed by atoms with Crippen LogP contribution in [0.5, 0.6) is 0 Å². The number of nitrogens with zero attached hydrogens (tertiary/aromatic N) is 1. The van der Waals surface area contributed by atoms with E-state index >= 15 is 0 Å². The number of hydrogen-bond donors (Lipinski definition) is 2. The quantitative estimate of drug-likeness (QED) is 0.772. The SMILES string of the molecule is CCNC(=O)c1cc(C)c(N)c2cccnc12. The van der Waals surface area contributed by atoms with E-state index in [-0.39, 0.29) is 5.91 Å². The smallest absolute Gasteiger partial charge is 0.253 e. The molecular formula is C13H15N3O. The maximum atomic E-state index is 11.9. The van der Waals surface area contributed by atoms with E-state index in [1.54, 1.807) is 12.3 Å². The second-order valence-corrected chi connectivity index (χ2v) is 3.91. The molecule has 1 aromatic heterocycles. The Bertz CT molecular complexity index is 578. The summed E-state index contributed by atoms with van der Waals surface area (Å²) < 4.78 is 0. The molecule has 1 heterocycles. The lowest BCUT2D eigenvalue weighted by atomic mass is 10.0. The fourth-order valence-corrected chi connectivity index (χ4v) is 1.84. The zero-order valence-electron chi connectivity index (χ0n) is 9.95. The van der Waals surface area contributed by atoms with E-state index in [0.717, 1.165) is 10.9 Å². The molecule has 0 aliphatic rings. The van der Waals surface area contributed by atoms with Crippen LogP contribution in [-0.4, -0.2) is 17.4 Å². The minimum atomic E-state index is -0.112. The van der Waals surface area contributed by atoms with Crippen LogP contribution >= 0.6 is 0 Å². The van der Waals surface area contributed by atoms with Crippen LogP contribution in [0.25, 0.3) is 10.9 Å². The molecule has 0 atom stereocenters. The van der Waals surface area contributed by atoms with Gasteiger partial charge in [-0.2, -0.15) is 0 Å². The second kappa shape index (κ2) is 4.41. The maximum Gasteiger partial charge on any atom is 0.253 e. The van der Waals surface area contributed by atoms with Gasteiger partial charge in [-0.05, 0) is 37.6 Å². The fourth-order valence-electron chi connectivity index (χ4n) is 1.84. The molecule has 2 rings (SSSR count). The molecule has 0 bridgehead atoms. The first-order valence-corrected chi connectivity index (χ1v) is 5.57. The first kappa shape index (κ1) is 11.4. The van der Waals surface area contributed by atoms with Crippen molar-refractivity contribution in [2.75, 3.05) is 12.3 Å². The van der Waals surface area contributed by atoms with Crippen LogP contribution < -0.4 is 11.1 Å². The van der Waals surface area contributed by atoms with Crippen LogP contribution in [0.3, 0.4) is 0 Å². The van der Waals surface area contributed by atoms with Gasteiger partial charge in [0.05, 0.1) is 11.1 Å². The number of amides is 1. The number of nitrogens with two attached hydrogens (primary N) is 1.